The summed E-state index contributed by atoms with van der Waals surface area (Å²) < 4.78 is 42.5. The summed E-state index contributed by atoms with van der Waals surface area (Å²) in [6, 6.07) is 14.0. The number of aromatic nitrogens is 2. The molecule has 0 N–H and O–H groups in total. The van der Waals surface area contributed by atoms with Crippen molar-refractivity contribution in [1.29, 1.82) is 0 Å². The van der Waals surface area contributed by atoms with E-state index in [1.54, 1.807) is 24.5 Å². The highest BCUT2D eigenvalue weighted by Crippen LogP contribution is 2.32. The van der Waals surface area contributed by atoms with Crippen LogP contribution in [0.2, 0.25) is 0 Å². The van der Waals surface area contributed by atoms with Gasteiger partial charge in [-0.2, -0.15) is 4.31 Å². The van der Waals surface area contributed by atoms with Crippen molar-refractivity contribution in [3.8, 4) is 0 Å². The van der Waals surface area contributed by atoms with Crippen molar-refractivity contribution >= 4 is 42.6 Å². The van der Waals surface area contributed by atoms with Crippen molar-refractivity contribution in [1.82, 2.24) is 14.3 Å². The van der Waals surface area contributed by atoms with Gasteiger partial charge in [0.2, 0.25) is 10.0 Å². The van der Waals surface area contributed by atoms with Gasteiger partial charge in [-0.05, 0) is 72.4 Å². The number of benzene rings is 2. The summed E-state index contributed by atoms with van der Waals surface area (Å²) in [5.74, 6) is -0.125. The van der Waals surface area contributed by atoms with E-state index in [9.17, 15) is 17.6 Å². The van der Waals surface area contributed by atoms with E-state index in [0.29, 0.717) is 45.8 Å². The third-order valence-corrected chi connectivity index (χ3v) is 9.34. The predicted octanol–water partition coefficient (Wildman–Crippen LogP) is 5.34. The molecule has 4 aromatic rings. The van der Waals surface area contributed by atoms with Gasteiger partial charge in [-0.3, -0.25) is 14.7 Å². The van der Waals surface area contributed by atoms with Crippen molar-refractivity contribution in [2.24, 2.45) is 11.8 Å². The predicted molar refractivity (Wildman–Crippen MR) is 142 cm³/mol. The van der Waals surface area contributed by atoms with Crippen LogP contribution in [0.4, 0.5) is 9.52 Å². The lowest BCUT2D eigenvalue weighted by Gasteiger charge is -2.34. The fourth-order valence-corrected chi connectivity index (χ4v) is 7.45. The maximum atomic E-state index is 13.8. The van der Waals surface area contributed by atoms with Crippen LogP contribution in [0.25, 0.3) is 10.2 Å². The van der Waals surface area contributed by atoms with Crippen LogP contribution in [0.15, 0.2) is 71.9 Å². The zero-order valence-electron chi connectivity index (χ0n) is 20.5. The highest BCUT2D eigenvalue weighted by atomic mass is 32.2. The van der Waals surface area contributed by atoms with Crippen LogP contribution in [0.5, 0.6) is 0 Å². The van der Waals surface area contributed by atoms with Crippen LogP contribution >= 0.6 is 11.3 Å². The molecule has 192 valence electrons. The molecule has 0 spiro atoms. The number of hydrogen-bond acceptors (Lipinski definition) is 6. The van der Waals surface area contributed by atoms with Crippen molar-refractivity contribution in [2.75, 3.05) is 18.0 Å². The smallest absolute Gasteiger partial charge is 0.260 e. The number of halogens is 1. The number of anilines is 1. The summed E-state index contributed by atoms with van der Waals surface area (Å²) in [6.07, 6.45) is 4.33. The lowest BCUT2D eigenvalue weighted by atomic mass is 9.94. The summed E-state index contributed by atoms with van der Waals surface area (Å²) in [4.78, 5) is 24.1. The molecule has 1 aliphatic rings. The van der Waals surface area contributed by atoms with Gasteiger partial charge in [-0.1, -0.05) is 31.3 Å². The molecule has 1 amide bonds. The van der Waals surface area contributed by atoms with Crippen molar-refractivity contribution in [3.05, 3.63) is 83.9 Å². The molecular formula is C27H27FN4O3S2. The fraction of sp³-hybridized carbons (Fsp3) is 0.296. The van der Waals surface area contributed by atoms with Crippen LogP contribution in [-0.4, -0.2) is 41.7 Å². The fourth-order valence-electron chi connectivity index (χ4n) is 4.78. The Bertz CT molecular complexity index is 1510. The van der Waals surface area contributed by atoms with Crippen molar-refractivity contribution in [2.45, 2.75) is 31.7 Å². The Balaban J connectivity index is 1.45. The van der Waals surface area contributed by atoms with Crippen molar-refractivity contribution < 1.29 is 17.6 Å². The van der Waals surface area contributed by atoms with Gasteiger partial charge in [0.15, 0.2) is 5.13 Å². The maximum Gasteiger partial charge on any atom is 0.260 e. The number of sulfonamides is 1. The first-order valence-electron chi connectivity index (χ1n) is 12.1. The summed E-state index contributed by atoms with van der Waals surface area (Å²) in [6.45, 7) is 5.31. The van der Waals surface area contributed by atoms with Gasteiger partial charge in [0.05, 0.1) is 21.7 Å². The monoisotopic (exact) mass is 538 g/mol. The normalized spacial score (nSPS) is 18.7. The van der Waals surface area contributed by atoms with Gasteiger partial charge in [-0.15, -0.1) is 0 Å². The number of carbonyl (C=O) groups excluding carboxylic acids is 1. The topological polar surface area (TPSA) is 83.5 Å². The van der Waals surface area contributed by atoms with E-state index in [1.165, 1.54) is 56.9 Å². The number of fused-ring (bicyclic) bond motifs is 1. The number of nitrogens with zero attached hydrogens (tertiary/aromatic N) is 4. The largest absolute Gasteiger partial charge is 0.279 e. The van der Waals surface area contributed by atoms with E-state index in [1.807, 2.05) is 6.07 Å². The Morgan fingerprint density at radius 1 is 1.11 bits per heavy atom. The molecule has 2 aromatic carbocycles. The molecule has 10 heteroatoms. The number of pyridine rings is 1. The molecule has 0 saturated carbocycles. The first kappa shape index (κ1) is 25.4. The highest BCUT2D eigenvalue weighted by molar-refractivity contribution is 7.89. The van der Waals surface area contributed by atoms with E-state index >= 15 is 0 Å². The van der Waals surface area contributed by atoms with Crippen LogP contribution in [0.1, 0.15) is 36.2 Å². The number of hydrogen-bond donors (Lipinski definition) is 0. The summed E-state index contributed by atoms with van der Waals surface area (Å²) in [5, 5.41) is 0.419. The molecule has 5 rings (SSSR count). The van der Waals surface area contributed by atoms with Gasteiger partial charge in [-0.25, -0.2) is 17.8 Å². The second-order valence-corrected chi connectivity index (χ2v) is 12.6. The molecule has 7 nitrogen and oxygen atoms in total. The van der Waals surface area contributed by atoms with Gasteiger partial charge >= 0.3 is 0 Å². The van der Waals surface area contributed by atoms with Crippen LogP contribution in [-0.2, 0) is 16.6 Å². The van der Waals surface area contributed by atoms with Gasteiger partial charge < -0.3 is 0 Å². The molecule has 2 atom stereocenters. The third-order valence-electron chi connectivity index (χ3n) is 6.45. The molecule has 1 saturated heterocycles. The minimum Gasteiger partial charge on any atom is -0.279 e. The van der Waals surface area contributed by atoms with E-state index < -0.39 is 10.0 Å². The Labute approximate surface area is 219 Å². The number of amides is 1. The summed E-state index contributed by atoms with van der Waals surface area (Å²) in [7, 11) is -3.66. The van der Waals surface area contributed by atoms with Gasteiger partial charge in [0.1, 0.15) is 5.82 Å². The SMILES string of the molecule is CC1CC(C)CN(S(=O)(=O)c2ccc(C(=O)N(Cc3cccnc3)c3nc4ccc(F)cc4s3)cc2)C1. The Morgan fingerprint density at radius 2 is 1.84 bits per heavy atom. The quantitative estimate of drug-likeness (QED) is 0.331. The molecular weight excluding hydrogens is 511 g/mol. The molecule has 0 radical (unpaired) electrons. The van der Waals surface area contributed by atoms with Gasteiger partial charge in [0.25, 0.3) is 5.91 Å². The average Bonchev–Trinajstić information content (AvgIpc) is 3.30. The number of rotatable bonds is 6. The number of piperidine rings is 1. The second-order valence-electron chi connectivity index (χ2n) is 9.65. The average molecular weight is 539 g/mol. The Morgan fingerprint density at radius 3 is 2.51 bits per heavy atom. The lowest BCUT2D eigenvalue weighted by Crippen LogP contribution is -2.42. The highest BCUT2D eigenvalue weighted by Gasteiger charge is 2.32. The zero-order valence-corrected chi connectivity index (χ0v) is 22.2. The van der Waals surface area contributed by atoms with Crippen LogP contribution in [0.3, 0.4) is 0 Å². The Hall–Kier alpha value is -3.21. The minimum absolute atomic E-state index is 0.166. The molecule has 1 fully saturated rings. The first-order chi connectivity index (χ1) is 17.7. The maximum absolute atomic E-state index is 13.8. The van der Waals surface area contributed by atoms with Crippen molar-refractivity contribution in [3.63, 3.8) is 0 Å². The van der Waals surface area contributed by atoms with E-state index in [-0.39, 0.29) is 23.2 Å². The lowest BCUT2D eigenvalue weighted by molar-refractivity contribution is 0.0985. The van der Waals surface area contributed by atoms with Crippen LogP contribution in [0, 0.1) is 17.7 Å². The molecule has 0 aliphatic carbocycles. The molecule has 2 unspecified atom stereocenters. The minimum atomic E-state index is -3.66. The van der Waals surface area contributed by atoms with E-state index in [4.69, 9.17) is 0 Å². The molecule has 3 heterocycles. The molecule has 37 heavy (non-hydrogen) atoms. The first-order valence-corrected chi connectivity index (χ1v) is 14.3. The van der Waals surface area contributed by atoms with E-state index in [2.05, 4.69) is 23.8 Å². The third kappa shape index (κ3) is 5.41. The summed E-state index contributed by atoms with van der Waals surface area (Å²) in [5.41, 5.74) is 1.72. The molecule has 0 bridgehead atoms. The number of thiazole rings is 1. The number of carbonyl (C=O) groups is 1. The van der Waals surface area contributed by atoms with Crippen LogP contribution < -0.4 is 4.90 Å². The Kier molecular flexibility index (Phi) is 7.06. The molecule has 2 aromatic heterocycles. The van der Waals surface area contributed by atoms with Gasteiger partial charge in [0, 0.05) is 31.0 Å². The van der Waals surface area contributed by atoms with E-state index in [0.717, 1.165) is 12.0 Å². The molecule has 1 aliphatic heterocycles. The second kappa shape index (κ2) is 10.3. The standard InChI is InChI=1S/C27H27FN4O3S2/c1-18-12-19(2)16-31(15-18)37(34,35)23-8-5-21(6-9-23)26(33)32(17-20-4-3-11-29-14-20)27-30-24-10-7-22(28)13-25(24)36-27/h3-11,13-14,18-19H,12,15-17H2,1-2H3. The zero-order chi connectivity index (χ0) is 26.2. The summed E-state index contributed by atoms with van der Waals surface area (Å²) >= 11 is 1.22.